The first kappa shape index (κ1) is 23.8. The second-order valence-corrected chi connectivity index (χ2v) is 8.76. The van der Waals surface area contributed by atoms with Crippen molar-refractivity contribution >= 4 is 5.97 Å². The quantitative estimate of drug-likeness (QED) is 0.461. The molecule has 3 aromatic rings. The molecule has 0 spiro atoms. The second-order valence-electron chi connectivity index (χ2n) is 8.76. The average Bonchev–Trinajstić information content (AvgIpc) is 2.86. The van der Waals surface area contributed by atoms with Gasteiger partial charge in [-0.2, -0.15) is 0 Å². The van der Waals surface area contributed by atoms with E-state index in [2.05, 4.69) is 66.0 Å². The fourth-order valence-corrected chi connectivity index (χ4v) is 4.92. The zero-order valence-corrected chi connectivity index (χ0v) is 20.1. The molecule has 178 valence electrons. The van der Waals surface area contributed by atoms with E-state index in [4.69, 9.17) is 14.2 Å². The number of benzene rings is 3. The molecule has 0 saturated carbocycles. The van der Waals surface area contributed by atoms with E-state index in [0.717, 1.165) is 30.7 Å². The molecule has 0 heterocycles. The Bertz CT molecular complexity index is 1040. The zero-order valence-electron chi connectivity index (χ0n) is 20.1. The lowest BCUT2D eigenvalue weighted by Crippen LogP contribution is -2.48. The summed E-state index contributed by atoms with van der Waals surface area (Å²) in [4.78, 5) is 11.9. The molecule has 0 amide bonds. The Kier molecular flexibility index (Phi) is 7.86. The van der Waals surface area contributed by atoms with Crippen molar-refractivity contribution in [2.24, 2.45) is 0 Å². The van der Waals surface area contributed by atoms with Crippen LogP contribution in [0, 0.1) is 0 Å². The van der Waals surface area contributed by atoms with Crippen LogP contribution < -0.4 is 14.8 Å². The molecule has 1 aliphatic rings. The fraction of sp³-hybridized carbons (Fsp3) is 0.345. The van der Waals surface area contributed by atoms with E-state index in [-0.39, 0.29) is 18.1 Å². The van der Waals surface area contributed by atoms with Crippen molar-refractivity contribution in [3.63, 3.8) is 0 Å². The van der Waals surface area contributed by atoms with Gasteiger partial charge in [0.15, 0.2) is 11.5 Å². The highest BCUT2D eigenvalue weighted by Gasteiger charge is 2.32. The highest BCUT2D eigenvalue weighted by molar-refractivity contribution is 5.66. The van der Waals surface area contributed by atoms with Crippen molar-refractivity contribution in [3.8, 4) is 11.5 Å². The minimum Gasteiger partial charge on any atom is -0.493 e. The van der Waals surface area contributed by atoms with Gasteiger partial charge in [0.25, 0.3) is 0 Å². The predicted octanol–water partition coefficient (Wildman–Crippen LogP) is 4.91. The number of rotatable bonds is 9. The number of fused-ring (bicyclic) bond motifs is 1. The van der Waals surface area contributed by atoms with E-state index in [1.54, 1.807) is 14.2 Å². The van der Waals surface area contributed by atoms with Crippen LogP contribution in [0.2, 0.25) is 0 Å². The number of hydrogen-bond donors (Lipinski definition) is 1. The van der Waals surface area contributed by atoms with E-state index in [9.17, 15) is 4.79 Å². The third-order valence-corrected chi connectivity index (χ3v) is 6.58. The molecule has 34 heavy (non-hydrogen) atoms. The summed E-state index contributed by atoms with van der Waals surface area (Å²) in [7, 11) is 3.29. The topological polar surface area (TPSA) is 56.8 Å². The molecule has 0 aromatic heterocycles. The van der Waals surface area contributed by atoms with E-state index in [1.165, 1.54) is 23.6 Å². The first-order valence-corrected chi connectivity index (χ1v) is 11.8. The van der Waals surface area contributed by atoms with Gasteiger partial charge in [-0.1, -0.05) is 60.7 Å². The molecule has 4 rings (SSSR count). The SMILES string of the molecule is COc1cc2c(cc1OC)C[C@H](OC(C)=O)[C@@H](NCCC(c1ccccc1)c1ccccc1)C2. The highest BCUT2D eigenvalue weighted by atomic mass is 16.5. The summed E-state index contributed by atoms with van der Waals surface area (Å²) in [5.74, 6) is 1.46. The number of nitrogens with one attached hydrogen (secondary N) is 1. The normalized spacial score (nSPS) is 17.2. The number of ether oxygens (including phenoxy) is 3. The molecular formula is C29H33NO4. The summed E-state index contributed by atoms with van der Waals surface area (Å²) in [6.07, 6.45) is 2.12. The van der Waals surface area contributed by atoms with Crippen LogP contribution in [0.4, 0.5) is 0 Å². The first-order valence-electron chi connectivity index (χ1n) is 11.8. The van der Waals surface area contributed by atoms with Gasteiger partial charge in [-0.3, -0.25) is 4.79 Å². The number of hydrogen-bond acceptors (Lipinski definition) is 5. The standard InChI is InChI=1S/C29H33NO4/c1-20(31)34-27-17-24-19-29(33-3)28(32-2)18-23(24)16-26(27)30-15-14-25(21-10-6-4-7-11-21)22-12-8-5-9-13-22/h4-13,18-19,25-27,30H,14-17H2,1-3H3/t26-,27-/m0/s1. The molecule has 1 aliphatic carbocycles. The molecule has 2 atom stereocenters. The van der Waals surface area contributed by atoms with Crippen LogP contribution in [0.1, 0.15) is 41.5 Å². The van der Waals surface area contributed by atoms with Crippen LogP contribution in [0.3, 0.4) is 0 Å². The van der Waals surface area contributed by atoms with E-state index in [0.29, 0.717) is 18.1 Å². The molecule has 0 saturated heterocycles. The summed E-state index contributed by atoms with van der Waals surface area (Å²) < 4.78 is 16.7. The molecule has 0 aliphatic heterocycles. The van der Waals surface area contributed by atoms with Gasteiger partial charge in [0.05, 0.1) is 14.2 Å². The summed E-state index contributed by atoms with van der Waals surface area (Å²) in [6.45, 7) is 2.28. The fourth-order valence-electron chi connectivity index (χ4n) is 4.92. The Labute approximate surface area is 202 Å². The van der Waals surface area contributed by atoms with E-state index in [1.807, 2.05) is 12.1 Å². The minimum atomic E-state index is -0.257. The van der Waals surface area contributed by atoms with Crippen LogP contribution in [0.25, 0.3) is 0 Å². The van der Waals surface area contributed by atoms with Gasteiger partial charge < -0.3 is 19.5 Å². The number of carbonyl (C=O) groups excluding carboxylic acids is 1. The number of esters is 1. The van der Waals surface area contributed by atoms with Crippen molar-refractivity contribution in [2.75, 3.05) is 20.8 Å². The Balaban J connectivity index is 1.51. The first-order chi connectivity index (χ1) is 16.6. The van der Waals surface area contributed by atoms with Crippen molar-refractivity contribution < 1.29 is 19.0 Å². The number of carbonyl (C=O) groups is 1. The van der Waals surface area contributed by atoms with Crippen molar-refractivity contribution in [1.29, 1.82) is 0 Å². The zero-order chi connectivity index (χ0) is 23.9. The predicted molar refractivity (Wildman–Crippen MR) is 134 cm³/mol. The third kappa shape index (κ3) is 5.60. The maximum atomic E-state index is 11.9. The minimum absolute atomic E-state index is 0.0293. The smallest absolute Gasteiger partial charge is 0.302 e. The molecule has 3 aromatic carbocycles. The van der Waals surface area contributed by atoms with Crippen molar-refractivity contribution in [2.45, 2.75) is 44.2 Å². The Morgan fingerprint density at radius 3 is 1.91 bits per heavy atom. The molecular weight excluding hydrogens is 426 g/mol. The summed E-state index contributed by atoms with van der Waals surface area (Å²) >= 11 is 0. The maximum absolute atomic E-state index is 11.9. The van der Waals surface area contributed by atoms with Crippen LogP contribution in [0.5, 0.6) is 11.5 Å². The van der Waals surface area contributed by atoms with Crippen LogP contribution in [-0.4, -0.2) is 38.9 Å². The van der Waals surface area contributed by atoms with E-state index >= 15 is 0 Å². The Morgan fingerprint density at radius 2 is 1.41 bits per heavy atom. The molecule has 0 fully saturated rings. The largest absolute Gasteiger partial charge is 0.493 e. The second kappa shape index (κ2) is 11.2. The molecule has 1 N–H and O–H groups in total. The van der Waals surface area contributed by atoms with Crippen LogP contribution >= 0.6 is 0 Å². The molecule has 5 heteroatoms. The van der Waals surface area contributed by atoms with Gasteiger partial charge in [0.1, 0.15) is 6.10 Å². The maximum Gasteiger partial charge on any atom is 0.302 e. The Morgan fingerprint density at radius 1 is 0.882 bits per heavy atom. The molecule has 5 nitrogen and oxygen atoms in total. The van der Waals surface area contributed by atoms with E-state index < -0.39 is 0 Å². The van der Waals surface area contributed by atoms with Gasteiger partial charge in [-0.25, -0.2) is 0 Å². The summed E-state index contributed by atoms with van der Waals surface area (Å²) in [5.41, 5.74) is 4.94. The lowest BCUT2D eigenvalue weighted by molar-refractivity contribution is -0.148. The molecule has 0 radical (unpaired) electrons. The lowest BCUT2D eigenvalue weighted by Gasteiger charge is -2.34. The average molecular weight is 460 g/mol. The molecule has 0 bridgehead atoms. The summed E-state index contributed by atoms with van der Waals surface area (Å²) in [5, 5.41) is 3.70. The van der Waals surface area contributed by atoms with Crippen molar-refractivity contribution in [1.82, 2.24) is 5.32 Å². The van der Waals surface area contributed by atoms with Gasteiger partial charge in [-0.15, -0.1) is 0 Å². The van der Waals surface area contributed by atoms with Gasteiger partial charge in [-0.05, 0) is 53.8 Å². The van der Waals surface area contributed by atoms with Crippen LogP contribution in [-0.2, 0) is 22.4 Å². The van der Waals surface area contributed by atoms with Crippen molar-refractivity contribution in [3.05, 3.63) is 95.1 Å². The Hall–Kier alpha value is -3.31. The molecule has 0 unspecified atom stereocenters. The highest BCUT2D eigenvalue weighted by Crippen LogP contribution is 2.35. The van der Waals surface area contributed by atoms with Crippen LogP contribution in [0.15, 0.2) is 72.8 Å². The van der Waals surface area contributed by atoms with Gasteiger partial charge in [0, 0.05) is 25.3 Å². The third-order valence-electron chi connectivity index (χ3n) is 6.58. The van der Waals surface area contributed by atoms with Gasteiger partial charge in [0.2, 0.25) is 0 Å². The lowest BCUT2D eigenvalue weighted by atomic mass is 9.85. The monoisotopic (exact) mass is 459 g/mol. The summed E-state index contributed by atoms with van der Waals surface area (Å²) in [6, 6.07) is 25.3. The number of methoxy groups -OCH3 is 2. The van der Waals surface area contributed by atoms with Gasteiger partial charge >= 0.3 is 5.97 Å².